The van der Waals surface area contributed by atoms with Gasteiger partial charge in [-0.1, -0.05) is 291 Å². The first kappa shape index (κ1) is 85.3. The fraction of sp³-hybridized carbons (Fsp3) is 0.0877. The molecule has 131 heavy (non-hydrogen) atoms. The lowest BCUT2D eigenvalue weighted by Gasteiger charge is -2.71. The minimum absolute atomic E-state index is 0.211. The normalized spacial score (nSPS) is 16.9. The van der Waals surface area contributed by atoms with Gasteiger partial charge in [0.15, 0.2) is 8.07 Å². The highest BCUT2D eigenvalue weighted by atomic mass is 28.3. The third-order valence-corrected chi connectivity index (χ3v) is 31.6. The summed E-state index contributed by atoms with van der Waals surface area (Å²) in [5, 5.41) is 52.0. The summed E-state index contributed by atoms with van der Waals surface area (Å²) in [5.41, 5.74) is 21.0. The molecule has 0 amide bonds. The van der Waals surface area contributed by atoms with Crippen LogP contribution < -0.4 is 35.0 Å². The molecule has 4 bridgehead atoms. The van der Waals surface area contributed by atoms with Crippen molar-refractivity contribution in [3.05, 3.63) is 438 Å². The average molecular weight is 1740 g/mol. The number of hydrogen-bond acceptors (Lipinski definition) is 11. The molecule has 0 aliphatic heterocycles. The van der Waals surface area contributed by atoms with Crippen molar-refractivity contribution in [1.82, 2.24) is 0 Å². The van der Waals surface area contributed by atoms with E-state index in [1.807, 2.05) is 121 Å². The zero-order valence-electron chi connectivity index (χ0n) is 70.7. The van der Waals surface area contributed by atoms with E-state index >= 15 is 0 Å². The van der Waals surface area contributed by atoms with E-state index in [0.29, 0.717) is 36.7 Å². The maximum Gasteiger partial charge on any atom is 0.335 e. The van der Waals surface area contributed by atoms with Gasteiger partial charge in [-0.2, -0.15) is 0 Å². The van der Waals surface area contributed by atoms with Gasteiger partial charge in [0.25, 0.3) is 19.4 Å². The first-order valence-corrected chi connectivity index (χ1v) is 44.8. The first-order valence-electron chi connectivity index (χ1n) is 42.8. The molecular formula is C114H84O16Si. The van der Waals surface area contributed by atoms with Crippen molar-refractivity contribution in [2.75, 3.05) is 0 Å². The van der Waals surface area contributed by atoms with Crippen LogP contribution >= 0.6 is 0 Å². The van der Waals surface area contributed by atoms with E-state index in [4.69, 9.17) is 14.2 Å². The number of aromatic carboxylic acids is 5. The van der Waals surface area contributed by atoms with Crippen LogP contribution in [0.25, 0.3) is 89.0 Å². The summed E-state index contributed by atoms with van der Waals surface area (Å²) in [5.74, 6) is -3.42. The Bertz CT molecular complexity index is 6470. The molecule has 16 nitrogen and oxygen atoms in total. The molecular weight excluding hydrogens is 1650 g/mol. The molecule has 4 fully saturated rings. The molecule has 4 aliphatic carbocycles. The molecule has 16 aromatic rings. The molecule has 0 saturated heterocycles. The van der Waals surface area contributed by atoms with Gasteiger partial charge in [-0.25, -0.2) is 24.0 Å². The monoisotopic (exact) mass is 1740 g/mol. The fourth-order valence-electron chi connectivity index (χ4n) is 20.9. The second kappa shape index (κ2) is 35.7. The van der Waals surface area contributed by atoms with Gasteiger partial charge in [-0.15, -0.1) is 0 Å². The summed E-state index contributed by atoms with van der Waals surface area (Å²) in [6.45, 7) is 1.28. The summed E-state index contributed by atoms with van der Waals surface area (Å²) < 4.78 is 15.2. The smallest absolute Gasteiger partial charge is 0.335 e. The van der Waals surface area contributed by atoms with E-state index < -0.39 is 37.9 Å². The van der Waals surface area contributed by atoms with Gasteiger partial charge in [0.2, 0.25) is 0 Å². The van der Waals surface area contributed by atoms with Crippen LogP contribution in [0.15, 0.2) is 388 Å². The highest BCUT2D eigenvalue weighted by molar-refractivity contribution is 7.20. The molecule has 4 saturated carbocycles. The van der Waals surface area contributed by atoms with E-state index in [1.165, 1.54) is 22.3 Å². The molecule has 20 rings (SSSR count). The molecule has 5 N–H and O–H groups in total. The molecule has 640 valence electrons. The van der Waals surface area contributed by atoms with Crippen molar-refractivity contribution < 1.29 is 78.1 Å². The number of ether oxygens (including phenoxy) is 3. The van der Waals surface area contributed by atoms with Crippen molar-refractivity contribution in [3.63, 3.8) is 0 Å². The van der Waals surface area contributed by atoms with Crippen molar-refractivity contribution >= 4 is 78.1 Å². The average Bonchev–Trinajstić information content (AvgIpc) is 0.662. The molecule has 0 heterocycles. The Morgan fingerprint density at radius 2 is 0.313 bits per heavy atom. The largest absolute Gasteiger partial charge is 0.478 e. The highest BCUT2D eigenvalue weighted by Crippen LogP contribution is 2.75. The van der Waals surface area contributed by atoms with Crippen LogP contribution in [0.1, 0.15) is 113 Å². The van der Waals surface area contributed by atoms with Crippen LogP contribution in [-0.2, 0) is 36.0 Å². The maximum absolute atomic E-state index is 11.7. The van der Waals surface area contributed by atoms with Gasteiger partial charge in [-0.3, -0.25) is 14.4 Å². The maximum atomic E-state index is 11.7. The van der Waals surface area contributed by atoms with Crippen molar-refractivity contribution in [2.45, 2.75) is 60.2 Å². The molecule has 0 atom stereocenters. The van der Waals surface area contributed by atoms with Gasteiger partial charge >= 0.3 is 29.8 Å². The molecule has 0 spiro atoms. The first-order chi connectivity index (χ1) is 63.6. The Hall–Kier alpha value is -16.5. The Balaban J connectivity index is 0.000000178. The Labute approximate surface area is 756 Å². The number of benzene rings is 16. The van der Waals surface area contributed by atoms with Crippen LogP contribution in [-0.4, -0.2) is 82.9 Å². The van der Waals surface area contributed by atoms with E-state index in [2.05, 4.69) is 194 Å². The van der Waals surface area contributed by atoms with E-state index in [9.17, 15) is 63.9 Å². The highest BCUT2D eigenvalue weighted by Gasteiger charge is 2.69. The summed E-state index contributed by atoms with van der Waals surface area (Å²) in [7, 11) is -3.18. The van der Waals surface area contributed by atoms with Crippen LogP contribution in [0.2, 0.25) is 0 Å². The number of carbonyl (C=O) groups excluding carboxylic acids is 3. The lowest BCUT2D eigenvalue weighted by Crippen LogP contribution is -2.74. The SMILES string of the molecule is O=COc1ccc(-c2ccc(C34CC5(c6ccc(-c7ccc(OC=O)cc7)cc6)CC(c6ccc(-c7ccc(C(=O)O)cc7)cc6)(C3)CC(c3ccc(-c6ccc(C(=O)O)cc6)cc3)(C4)C5)cc2)cc1.O=COc1ccc(-c2ccc([Si](c3ccc(-c4ccc(C(=O)O)cc4)cc3)(c3ccc(-c4ccc(C(=O)O)cc4)cc3)c3ccc(-c4ccc(C(=O)O)cc4)cc3)cc2)cc1. The minimum atomic E-state index is -3.18. The minimum Gasteiger partial charge on any atom is -0.478 e. The predicted octanol–water partition coefficient (Wildman–Crippen LogP) is 21.6. The Morgan fingerprint density at radius 1 is 0.191 bits per heavy atom. The quantitative estimate of drug-likeness (QED) is 0.0182. The van der Waals surface area contributed by atoms with Crippen molar-refractivity contribution in [2.24, 2.45) is 0 Å². The van der Waals surface area contributed by atoms with Gasteiger partial charge < -0.3 is 39.7 Å². The second-order valence-corrected chi connectivity index (χ2v) is 38.0. The molecule has 0 unspecified atom stereocenters. The van der Waals surface area contributed by atoms with Crippen molar-refractivity contribution in [1.29, 1.82) is 0 Å². The molecule has 17 heteroatoms. The summed E-state index contributed by atoms with van der Waals surface area (Å²) in [6.07, 6.45) is 5.80. The number of carboxylic acid groups (broad SMARTS) is 5. The fourth-order valence-corrected chi connectivity index (χ4v) is 25.6. The predicted molar refractivity (Wildman–Crippen MR) is 509 cm³/mol. The van der Waals surface area contributed by atoms with Crippen LogP contribution in [0, 0.1) is 0 Å². The molecule has 0 radical (unpaired) electrons. The Kier molecular flexibility index (Phi) is 23.3. The van der Waals surface area contributed by atoms with Gasteiger partial charge in [-0.05, 0) is 289 Å². The third kappa shape index (κ3) is 17.0. The van der Waals surface area contributed by atoms with Crippen LogP contribution in [0.5, 0.6) is 17.2 Å². The van der Waals surface area contributed by atoms with E-state index in [1.54, 1.807) is 72.8 Å². The number of carboxylic acids is 5. The van der Waals surface area contributed by atoms with Gasteiger partial charge in [0, 0.05) is 0 Å². The lowest BCUT2D eigenvalue weighted by molar-refractivity contribution is -0.121. The van der Waals surface area contributed by atoms with Crippen LogP contribution in [0.4, 0.5) is 0 Å². The number of rotatable bonds is 27. The lowest BCUT2D eigenvalue weighted by atomic mass is 9.32. The van der Waals surface area contributed by atoms with E-state index in [0.717, 1.165) is 148 Å². The second-order valence-electron chi connectivity index (χ2n) is 34.2. The Morgan fingerprint density at radius 3 is 0.443 bits per heavy atom. The van der Waals surface area contributed by atoms with Gasteiger partial charge in [0.1, 0.15) is 17.2 Å². The molecule has 16 aromatic carbocycles. The molecule has 4 aliphatic rings. The molecule has 0 aromatic heterocycles. The van der Waals surface area contributed by atoms with Crippen molar-refractivity contribution in [3.8, 4) is 106 Å². The van der Waals surface area contributed by atoms with Crippen LogP contribution in [0.3, 0.4) is 0 Å². The topological polar surface area (TPSA) is 265 Å². The third-order valence-electron chi connectivity index (χ3n) is 26.8. The summed E-state index contributed by atoms with van der Waals surface area (Å²) in [6, 6.07) is 127. The number of carbonyl (C=O) groups is 8. The standard InChI is InChI=1S/C62H48O8.C52H36O8Si/c63-39-69-55-29-17-47(18-30-55)45-13-25-53(26-14-45)61-34-59(51-21-9-43(10-22-51)41-1-5-49(6-2-41)57(65)66)33-60(36-61,52-23-11-44(12-24-52)42-3-7-50(8-4-42)58(67)68)37-62(35-59,38-61)54-27-15-46(16-28-54)48-19-31-56(32-20-48)70-40-64;53-33-60-45-23-13-37(14-24-45)41-21-31-49(32-22-41)61(46-25-15-38(16-26-46)34-1-7-42(8-2-34)50(54)55,47-27-17-39(18-28-47)35-3-9-43(10-4-35)51(56)57)48-29-19-40(20-30-48)36-5-11-44(12-6-36)52(58)59/h1-32,39-40H,33-38H2,(H,65,66)(H,67,68);1-33H,(H,54,55)(H,56,57)(H,58,59). The summed E-state index contributed by atoms with van der Waals surface area (Å²) >= 11 is 0. The summed E-state index contributed by atoms with van der Waals surface area (Å²) in [4.78, 5) is 91.0. The zero-order chi connectivity index (χ0) is 90.6. The zero-order valence-corrected chi connectivity index (χ0v) is 71.7. The van der Waals surface area contributed by atoms with E-state index in [-0.39, 0.29) is 49.5 Å². The number of hydrogen-bond donors (Lipinski definition) is 5. The van der Waals surface area contributed by atoms with Gasteiger partial charge in [0.05, 0.1) is 27.8 Å².